The first kappa shape index (κ1) is 16.3. The van der Waals surface area contributed by atoms with E-state index >= 15 is 0 Å². The summed E-state index contributed by atoms with van der Waals surface area (Å²) >= 11 is 5.99. The quantitative estimate of drug-likeness (QED) is 0.890. The first-order valence-electron chi connectivity index (χ1n) is 7.77. The van der Waals surface area contributed by atoms with Crippen molar-refractivity contribution in [3.8, 4) is 0 Å². The fourth-order valence-corrected chi connectivity index (χ4v) is 2.79. The molecule has 1 fully saturated rings. The van der Waals surface area contributed by atoms with Gasteiger partial charge in [-0.25, -0.2) is 4.79 Å². The third-order valence-electron chi connectivity index (χ3n) is 3.95. The average molecular weight is 344 g/mol. The summed E-state index contributed by atoms with van der Waals surface area (Å²) in [7, 11) is 0. The van der Waals surface area contributed by atoms with E-state index in [1.54, 1.807) is 35.2 Å². The number of urea groups is 1. The number of carbonyl (C=O) groups is 2. The van der Waals surface area contributed by atoms with E-state index in [-0.39, 0.29) is 11.9 Å². The van der Waals surface area contributed by atoms with Gasteiger partial charge in [0.2, 0.25) is 0 Å². The Kier molecular flexibility index (Phi) is 4.71. The van der Waals surface area contributed by atoms with Gasteiger partial charge >= 0.3 is 6.03 Å². The van der Waals surface area contributed by atoms with Crippen molar-refractivity contribution >= 4 is 34.9 Å². The van der Waals surface area contributed by atoms with Crippen LogP contribution in [0, 0.1) is 6.92 Å². The number of carbonyl (C=O) groups excluding carboxylic acids is 2. The van der Waals surface area contributed by atoms with Crippen LogP contribution in [0.25, 0.3) is 0 Å². The molecule has 0 saturated carbocycles. The molecule has 0 radical (unpaired) electrons. The number of anilines is 2. The van der Waals surface area contributed by atoms with Crippen molar-refractivity contribution in [2.45, 2.75) is 13.3 Å². The molecule has 0 unspecified atom stereocenters. The maximum absolute atomic E-state index is 12.5. The topological polar surface area (TPSA) is 61.4 Å². The summed E-state index contributed by atoms with van der Waals surface area (Å²) in [5.41, 5.74) is 2.81. The lowest BCUT2D eigenvalue weighted by atomic mass is 10.1. The molecule has 2 aromatic rings. The molecule has 2 aromatic carbocycles. The van der Waals surface area contributed by atoms with Gasteiger partial charge in [0, 0.05) is 35.1 Å². The Labute approximate surface area is 145 Å². The van der Waals surface area contributed by atoms with Gasteiger partial charge in [-0.3, -0.25) is 9.69 Å². The molecule has 1 aliphatic rings. The SMILES string of the molecule is Cc1ccc(Cl)cc1NC(=O)c1cccc(N2CCCNC2=O)c1. The van der Waals surface area contributed by atoms with Gasteiger partial charge in [0.25, 0.3) is 5.91 Å². The number of rotatable bonds is 3. The number of nitrogens with zero attached hydrogens (tertiary/aromatic N) is 1. The molecule has 2 N–H and O–H groups in total. The van der Waals surface area contributed by atoms with Crippen LogP contribution in [0.2, 0.25) is 5.02 Å². The molecular weight excluding hydrogens is 326 g/mol. The maximum Gasteiger partial charge on any atom is 0.321 e. The highest BCUT2D eigenvalue weighted by Crippen LogP contribution is 2.22. The monoisotopic (exact) mass is 343 g/mol. The lowest BCUT2D eigenvalue weighted by molar-refractivity contribution is 0.102. The Hall–Kier alpha value is -2.53. The van der Waals surface area contributed by atoms with Crippen LogP contribution in [0.4, 0.5) is 16.2 Å². The lowest BCUT2D eigenvalue weighted by Gasteiger charge is -2.27. The van der Waals surface area contributed by atoms with Crippen LogP contribution in [0.1, 0.15) is 22.3 Å². The number of hydrogen-bond donors (Lipinski definition) is 2. The minimum Gasteiger partial charge on any atom is -0.338 e. The van der Waals surface area contributed by atoms with E-state index in [0.717, 1.165) is 12.0 Å². The van der Waals surface area contributed by atoms with Crippen LogP contribution < -0.4 is 15.5 Å². The van der Waals surface area contributed by atoms with E-state index in [1.807, 2.05) is 19.1 Å². The molecule has 124 valence electrons. The van der Waals surface area contributed by atoms with Crippen molar-refractivity contribution in [1.82, 2.24) is 5.32 Å². The standard InChI is InChI=1S/C18H18ClN3O2/c1-12-6-7-14(19)11-16(12)21-17(23)13-4-2-5-15(10-13)22-9-3-8-20-18(22)24/h2,4-7,10-11H,3,8-9H2,1H3,(H,20,24)(H,21,23). The Balaban J connectivity index is 1.81. The Morgan fingerprint density at radius 3 is 2.88 bits per heavy atom. The molecule has 1 saturated heterocycles. The van der Waals surface area contributed by atoms with Gasteiger partial charge in [0.15, 0.2) is 0 Å². The second kappa shape index (κ2) is 6.93. The second-order valence-corrected chi connectivity index (χ2v) is 6.14. The molecule has 1 heterocycles. The number of hydrogen-bond acceptors (Lipinski definition) is 2. The van der Waals surface area contributed by atoms with Crippen LogP contribution >= 0.6 is 11.6 Å². The zero-order valence-electron chi connectivity index (χ0n) is 13.3. The van der Waals surface area contributed by atoms with E-state index in [0.29, 0.717) is 35.1 Å². The van der Waals surface area contributed by atoms with Crippen LogP contribution in [0.3, 0.4) is 0 Å². The molecule has 0 aromatic heterocycles. The molecule has 6 heteroatoms. The van der Waals surface area contributed by atoms with Crippen molar-refractivity contribution in [1.29, 1.82) is 0 Å². The molecular formula is C18H18ClN3O2. The molecule has 0 spiro atoms. The minimum atomic E-state index is -0.236. The van der Waals surface area contributed by atoms with E-state index in [2.05, 4.69) is 10.6 Å². The number of halogens is 1. The number of aryl methyl sites for hydroxylation is 1. The number of amides is 3. The van der Waals surface area contributed by atoms with Crippen molar-refractivity contribution in [3.63, 3.8) is 0 Å². The Bertz CT molecular complexity index is 792. The number of benzene rings is 2. The summed E-state index contributed by atoms with van der Waals surface area (Å²) in [5, 5.41) is 6.24. The van der Waals surface area contributed by atoms with E-state index in [9.17, 15) is 9.59 Å². The molecule has 0 bridgehead atoms. The third-order valence-corrected chi connectivity index (χ3v) is 4.18. The summed E-state index contributed by atoms with van der Waals surface area (Å²) in [5.74, 6) is -0.236. The maximum atomic E-state index is 12.5. The van der Waals surface area contributed by atoms with Gasteiger partial charge in [-0.15, -0.1) is 0 Å². The minimum absolute atomic E-state index is 0.135. The predicted molar refractivity (Wildman–Crippen MR) is 95.9 cm³/mol. The van der Waals surface area contributed by atoms with E-state index < -0.39 is 0 Å². The van der Waals surface area contributed by atoms with Crippen molar-refractivity contribution in [3.05, 3.63) is 58.6 Å². The lowest BCUT2D eigenvalue weighted by Crippen LogP contribution is -2.46. The van der Waals surface area contributed by atoms with Crippen LogP contribution in [-0.4, -0.2) is 25.0 Å². The van der Waals surface area contributed by atoms with Crippen molar-refractivity contribution < 1.29 is 9.59 Å². The molecule has 24 heavy (non-hydrogen) atoms. The number of nitrogens with one attached hydrogen (secondary N) is 2. The highest BCUT2D eigenvalue weighted by atomic mass is 35.5. The normalized spacial score (nSPS) is 14.2. The first-order valence-corrected chi connectivity index (χ1v) is 8.15. The fourth-order valence-electron chi connectivity index (χ4n) is 2.61. The van der Waals surface area contributed by atoms with Gasteiger partial charge in [-0.2, -0.15) is 0 Å². The van der Waals surface area contributed by atoms with Gasteiger partial charge in [-0.05, 0) is 49.2 Å². The van der Waals surface area contributed by atoms with Crippen LogP contribution in [-0.2, 0) is 0 Å². The second-order valence-electron chi connectivity index (χ2n) is 5.70. The Morgan fingerprint density at radius 2 is 2.08 bits per heavy atom. The predicted octanol–water partition coefficient (Wildman–Crippen LogP) is 3.82. The summed E-state index contributed by atoms with van der Waals surface area (Å²) in [4.78, 5) is 26.1. The van der Waals surface area contributed by atoms with Gasteiger partial charge in [0.1, 0.15) is 0 Å². The zero-order chi connectivity index (χ0) is 17.1. The third kappa shape index (κ3) is 3.51. The molecule has 0 atom stereocenters. The summed E-state index contributed by atoms with van der Waals surface area (Å²) in [6.45, 7) is 3.23. The van der Waals surface area contributed by atoms with Crippen LogP contribution in [0.15, 0.2) is 42.5 Å². The average Bonchev–Trinajstić information content (AvgIpc) is 2.58. The smallest absolute Gasteiger partial charge is 0.321 e. The molecule has 3 rings (SSSR count). The fraction of sp³-hybridized carbons (Fsp3) is 0.222. The van der Waals surface area contributed by atoms with Gasteiger partial charge in [0.05, 0.1) is 0 Å². The van der Waals surface area contributed by atoms with Crippen molar-refractivity contribution in [2.24, 2.45) is 0 Å². The van der Waals surface area contributed by atoms with E-state index in [4.69, 9.17) is 11.6 Å². The van der Waals surface area contributed by atoms with Crippen LogP contribution in [0.5, 0.6) is 0 Å². The highest BCUT2D eigenvalue weighted by Gasteiger charge is 2.20. The summed E-state index contributed by atoms with van der Waals surface area (Å²) < 4.78 is 0. The molecule has 0 aliphatic carbocycles. The molecule has 3 amide bonds. The first-order chi connectivity index (χ1) is 11.5. The molecule has 5 nitrogen and oxygen atoms in total. The highest BCUT2D eigenvalue weighted by molar-refractivity contribution is 6.31. The summed E-state index contributed by atoms with van der Waals surface area (Å²) in [6, 6.07) is 12.3. The Morgan fingerprint density at radius 1 is 1.25 bits per heavy atom. The van der Waals surface area contributed by atoms with E-state index in [1.165, 1.54) is 0 Å². The summed E-state index contributed by atoms with van der Waals surface area (Å²) in [6.07, 6.45) is 0.879. The van der Waals surface area contributed by atoms with Crippen molar-refractivity contribution in [2.75, 3.05) is 23.3 Å². The zero-order valence-corrected chi connectivity index (χ0v) is 14.1. The van der Waals surface area contributed by atoms with Gasteiger partial charge in [-0.1, -0.05) is 23.7 Å². The largest absolute Gasteiger partial charge is 0.338 e. The van der Waals surface area contributed by atoms with Gasteiger partial charge < -0.3 is 10.6 Å². The molecule has 1 aliphatic heterocycles.